The normalized spacial score (nSPS) is 23.4. The second-order valence-corrected chi connectivity index (χ2v) is 13.1. The maximum Gasteiger partial charge on any atom is 0.274 e. The highest BCUT2D eigenvalue weighted by Gasteiger charge is 2.49. The lowest BCUT2D eigenvalue weighted by molar-refractivity contribution is 0.102. The van der Waals surface area contributed by atoms with Crippen LogP contribution in [0, 0.1) is 17.2 Å². The number of nitrogens with zero attached hydrogens (tertiary/aromatic N) is 5. The first-order valence-electron chi connectivity index (χ1n) is 15.2. The first-order valence-corrected chi connectivity index (χ1v) is 15.2. The summed E-state index contributed by atoms with van der Waals surface area (Å²) in [7, 11) is 1.96. The topological polar surface area (TPSA) is 109 Å². The average molecular weight is 552 g/mol. The largest absolute Gasteiger partial charge is 0.321 e. The van der Waals surface area contributed by atoms with Gasteiger partial charge < -0.3 is 15.2 Å². The Balaban J connectivity index is 1.26. The minimum Gasteiger partial charge on any atom is -0.321 e. The SMILES string of the molecule is Cn1cnnc1C1(c2cccc(NC(=O)c3cc(CNC4CCCCC4)c4c(n3)C(C)(C)CC4)c2)CC(CC#N)C1. The van der Waals surface area contributed by atoms with E-state index in [4.69, 9.17) is 4.98 Å². The Kier molecular flexibility index (Phi) is 7.41. The van der Waals surface area contributed by atoms with Gasteiger partial charge in [0.2, 0.25) is 0 Å². The Morgan fingerprint density at radius 2 is 1.98 bits per heavy atom. The van der Waals surface area contributed by atoms with E-state index in [1.165, 1.54) is 43.2 Å². The zero-order valence-corrected chi connectivity index (χ0v) is 24.5. The summed E-state index contributed by atoms with van der Waals surface area (Å²) in [6.45, 7) is 5.25. The van der Waals surface area contributed by atoms with Gasteiger partial charge in [-0.1, -0.05) is 45.2 Å². The van der Waals surface area contributed by atoms with Crippen molar-refractivity contribution in [1.82, 2.24) is 25.1 Å². The summed E-state index contributed by atoms with van der Waals surface area (Å²) >= 11 is 0. The Hall–Kier alpha value is -3.57. The smallest absolute Gasteiger partial charge is 0.274 e. The fourth-order valence-corrected chi connectivity index (χ4v) is 7.41. The van der Waals surface area contributed by atoms with Gasteiger partial charge in [0.1, 0.15) is 17.8 Å². The number of fused-ring (bicyclic) bond motifs is 1. The van der Waals surface area contributed by atoms with Crippen LogP contribution in [0.4, 0.5) is 5.69 Å². The van der Waals surface area contributed by atoms with Gasteiger partial charge in [0.15, 0.2) is 0 Å². The van der Waals surface area contributed by atoms with E-state index in [-0.39, 0.29) is 16.7 Å². The molecule has 2 saturated carbocycles. The lowest BCUT2D eigenvalue weighted by Crippen LogP contribution is -2.44. The van der Waals surface area contributed by atoms with Crippen LogP contribution in [-0.2, 0) is 30.8 Å². The summed E-state index contributed by atoms with van der Waals surface area (Å²) in [4.78, 5) is 18.6. The molecule has 6 rings (SSSR count). The molecule has 0 saturated heterocycles. The van der Waals surface area contributed by atoms with Gasteiger partial charge in [-0.05, 0) is 79.3 Å². The van der Waals surface area contributed by atoms with Crippen LogP contribution >= 0.6 is 0 Å². The van der Waals surface area contributed by atoms with Crippen molar-refractivity contribution < 1.29 is 4.79 Å². The maximum absolute atomic E-state index is 13.7. The molecule has 0 unspecified atom stereocenters. The molecule has 2 N–H and O–H groups in total. The Morgan fingerprint density at radius 3 is 2.71 bits per heavy atom. The third kappa shape index (κ3) is 5.28. The Bertz CT molecular complexity index is 1470. The predicted molar refractivity (Wildman–Crippen MR) is 158 cm³/mol. The number of benzene rings is 1. The van der Waals surface area contributed by atoms with Crippen LogP contribution in [0.3, 0.4) is 0 Å². The quantitative estimate of drug-likeness (QED) is 0.371. The number of hydrogen-bond acceptors (Lipinski definition) is 6. The molecule has 3 aliphatic carbocycles. The van der Waals surface area contributed by atoms with Crippen molar-refractivity contribution in [3.8, 4) is 6.07 Å². The van der Waals surface area contributed by atoms with Gasteiger partial charge in [-0.15, -0.1) is 10.2 Å². The summed E-state index contributed by atoms with van der Waals surface area (Å²) in [5.41, 5.74) is 5.54. The van der Waals surface area contributed by atoms with Crippen LogP contribution in [0.25, 0.3) is 0 Å². The minimum atomic E-state index is -0.318. The maximum atomic E-state index is 13.7. The molecule has 0 atom stereocenters. The van der Waals surface area contributed by atoms with Crippen LogP contribution in [0.15, 0.2) is 36.7 Å². The molecule has 0 bridgehead atoms. The van der Waals surface area contributed by atoms with Crippen LogP contribution in [-0.4, -0.2) is 31.7 Å². The molecule has 2 heterocycles. The number of pyridine rings is 1. The van der Waals surface area contributed by atoms with E-state index in [0.29, 0.717) is 24.1 Å². The number of carbonyl (C=O) groups is 1. The fraction of sp³-hybridized carbons (Fsp3) is 0.545. The summed E-state index contributed by atoms with van der Waals surface area (Å²) in [5, 5.41) is 24.8. The molecule has 1 aromatic carbocycles. The molecule has 2 fully saturated rings. The summed E-state index contributed by atoms with van der Waals surface area (Å²) in [5.74, 6) is 1.04. The van der Waals surface area contributed by atoms with Crippen LogP contribution in [0.1, 0.15) is 110 Å². The number of amides is 1. The Morgan fingerprint density at radius 1 is 1.17 bits per heavy atom. The molecule has 0 spiro atoms. The molecule has 214 valence electrons. The van der Waals surface area contributed by atoms with Crippen molar-refractivity contribution in [2.45, 2.75) is 101 Å². The second kappa shape index (κ2) is 11.0. The van der Waals surface area contributed by atoms with Crippen LogP contribution in [0.5, 0.6) is 0 Å². The highest BCUT2D eigenvalue weighted by atomic mass is 16.1. The number of anilines is 1. The number of nitrogens with one attached hydrogen (secondary N) is 2. The van der Waals surface area contributed by atoms with Crippen molar-refractivity contribution in [2.24, 2.45) is 13.0 Å². The van der Waals surface area contributed by atoms with Gasteiger partial charge in [-0.2, -0.15) is 5.26 Å². The molecule has 2 aromatic heterocycles. The van der Waals surface area contributed by atoms with Crippen LogP contribution in [0.2, 0.25) is 0 Å². The zero-order valence-electron chi connectivity index (χ0n) is 24.5. The van der Waals surface area contributed by atoms with Gasteiger partial charge in [-0.3, -0.25) is 4.79 Å². The average Bonchev–Trinajstić information content (AvgIpc) is 3.52. The van der Waals surface area contributed by atoms with E-state index in [2.05, 4.69) is 52.9 Å². The van der Waals surface area contributed by atoms with Crippen molar-refractivity contribution in [3.63, 3.8) is 0 Å². The van der Waals surface area contributed by atoms with E-state index in [1.54, 1.807) is 6.33 Å². The molecule has 0 aliphatic heterocycles. The molecule has 3 aliphatic rings. The van der Waals surface area contributed by atoms with Gasteiger partial charge >= 0.3 is 0 Å². The van der Waals surface area contributed by atoms with Crippen molar-refractivity contribution in [3.05, 3.63) is 70.6 Å². The zero-order chi connectivity index (χ0) is 28.6. The first kappa shape index (κ1) is 27.6. The number of carbonyl (C=O) groups excluding carboxylic acids is 1. The number of rotatable bonds is 8. The first-order chi connectivity index (χ1) is 19.8. The number of aromatic nitrogens is 4. The molecule has 8 nitrogen and oxygen atoms in total. The van der Waals surface area contributed by atoms with Gasteiger partial charge in [-0.25, -0.2) is 4.98 Å². The third-order valence-electron chi connectivity index (χ3n) is 9.74. The van der Waals surface area contributed by atoms with Gasteiger partial charge in [0, 0.05) is 37.2 Å². The molecule has 1 amide bonds. The van der Waals surface area contributed by atoms with E-state index in [9.17, 15) is 10.1 Å². The lowest BCUT2D eigenvalue weighted by Gasteiger charge is -2.46. The number of hydrogen-bond donors (Lipinski definition) is 2. The van der Waals surface area contributed by atoms with E-state index in [0.717, 1.165) is 55.0 Å². The number of nitriles is 1. The monoisotopic (exact) mass is 551 g/mol. The summed E-state index contributed by atoms with van der Waals surface area (Å²) in [6, 6.07) is 13.0. The van der Waals surface area contributed by atoms with E-state index in [1.807, 2.05) is 29.8 Å². The Labute approximate surface area is 243 Å². The summed E-state index contributed by atoms with van der Waals surface area (Å²) in [6.07, 6.45) is 12.4. The predicted octanol–water partition coefficient (Wildman–Crippen LogP) is 5.72. The molecular weight excluding hydrogens is 510 g/mol. The van der Waals surface area contributed by atoms with E-state index >= 15 is 0 Å². The lowest BCUT2D eigenvalue weighted by atomic mass is 9.57. The number of aryl methyl sites for hydroxylation is 1. The van der Waals surface area contributed by atoms with Gasteiger partial charge in [0.25, 0.3) is 5.91 Å². The second-order valence-electron chi connectivity index (χ2n) is 13.1. The standard InChI is InChI=1S/C33H41N7O/c1-32(2)14-12-27-23(20-35-25-9-5-4-6-10-25)16-28(38-29(27)32)30(41)37-26-11-7-8-24(17-26)33(18-22(19-33)13-15-34)31-39-36-21-40(31)3/h7-8,11,16-17,21-22,25,35H,4-6,9-10,12-14,18-20H2,1-3H3,(H,37,41). The van der Waals surface area contributed by atoms with Gasteiger partial charge in [0.05, 0.1) is 17.2 Å². The highest BCUT2D eigenvalue weighted by Crippen LogP contribution is 2.53. The van der Waals surface area contributed by atoms with Crippen molar-refractivity contribution in [1.29, 1.82) is 5.26 Å². The van der Waals surface area contributed by atoms with E-state index < -0.39 is 0 Å². The molecule has 8 heteroatoms. The third-order valence-corrected chi connectivity index (χ3v) is 9.74. The minimum absolute atomic E-state index is 0.0438. The molecule has 3 aromatic rings. The van der Waals surface area contributed by atoms with Crippen LogP contribution < -0.4 is 10.6 Å². The van der Waals surface area contributed by atoms with Crippen molar-refractivity contribution in [2.75, 3.05) is 5.32 Å². The fourth-order valence-electron chi connectivity index (χ4n) is 7.41. The highest BCUT2D eigenvalue weighted by molar-refractivity contribution is 6.03. The molecule has 41 heavy (non-hydrogen) atoms. The molecule has 0 radical (unpaired) electrons. The van der Waals surface area contributed by atoms with Crippen molar-refractivity contribution >= 4 is 11.6 Å². The summed E-state index contributed by atoms with van der Waals surface area (Å²) < 4.78 is 1.97. The molecular formula is C33H41N7O.